The van der Waals surface area contributed by atoms with Crippen molar-refractivity contribution in [3.8, 4) is 17.8 Å². The van der Waals surface area contributed by atoms with Gasteiger partial charge in [0, 0.05) is 81.2 Å². The van der Waals surface area contributed by atoms with Crippen molar-refractivity contribution in [2.75, 3.05) is 17.3 Å². The summed E-state index contributed by atoms with van der Waals surface area (Å²) < 4.78 is 79.0. The molecule has 0 saturated heterocycles. The Balaban J connectivity index is -0.00000145. The van der Waals surface area contributed by atoms with Gasteiger partial charge in [0.25, 0.3) is 0 Å². The molecule has 11 N–H and O–H groups in total. The monoisotopic (exact) mass is 1950 g/mol. The number of ketones is 1. The number of benzene rings is 6. The van der Waals surface area contributed by atoms with Gasteiger partial charge in [-0.25, -0.2) is 41.0 Å². The van der Waals surface area contributed by atoms with E-state index in [4.69, 9.17) is 47.9 Å². The van der Waals surface area contributed by atoms with Crippen LogP contribution in [0.25, 0.3) is 10.5 Å². The number of carboxylic acid groups (broad SMARTS) is 1. The van der Waals surface area contributed by atoms with Crippen LogP contribution in [0.2, 0.25) is 24.7 Å². The Kier molecular flexibility index (Phi) is 59.3. The van der Waals surface area contributed by atoms with E-state index in [2.05, 4.69) is 62.5 Å². The number of nitriles is 2. The van der Waals surface area contributed by atoms with Crippen molar-refractivity contribution in [1.29, 1.82) is 10.5 Å². The Morgan fingerprint density at radius 1 is 0.703 bits per heavy atom. The Morgan fingerprint density at radius 3 is 1.63 bits per heavy atom. The molecule has 7 aromatic rings. The smallest absolute Gasteiger partial charge is 1.00 e. The van der Waals surface area contributed by atoms with Crippen molar-refractivity contribution in [2.45, 2.75) is 299 Å². The molecule has 128 heavy (non-hydrogen) atoms. The number of halogens is 3. The molecule has 3 aliphatic carbocycles. The van der Waals surface area contributed by atoms with E-state index in [0.717, 1.165) is 65.5 Å². The zero-order chi connectivity index (χ0) is 95.7. The third-order valence-electron chi connectivity index (χ3n) is 17.7. The van der Waals surface area contributed by atoms with Crippen LogP contribution in [-0.4, -0.2) is 154 Å². The molecule has 3 aliphatic rings. The number of alkyl carbamates (subject to hydrolysis) is 1. The predicted molar refractivity (Wildman–Crippen MR) is 513 cm³/mol. The molecule has 3 saturated carbocycles. The number of ether oxygens (including phenoxy) is 1. The van der Waals surface area contributed by atoms with Crippen LogP contribution in [0.15, 0.2) is 144 Å². The number of hydrogen-bond acceptors (Lipinski definition) is 16. The van der Waals surface area contributed by atoms with E-state index in [1.54, 1.807) is 162 Å². The Hall–Kier alpha value is -7.21. The molecule has 700 valence electrons. The summed E-state index contributed by atoms with van der Waals surface area (Å²) in [5.41, 5.74) is 13.2. The molecule has 1 aromatic heterocycles. The standard InChI is InChI=1S/C23H28FN3OS.C17H21N3O4.C17H22N2OSi.C13H13NO.C10H15FNSi.C4H11NOS.4C3H8O.BrH.Mg.Ti/c1-22(2,3)29(28)27-23(12-11-16-7-8-16,18-6-4-5-17(13-18)15-25)19-9-10-20(24)21(26)14-19;1-11-8-14(15(21)22)20(19-11)13-7-5-6-12(9-13)10-18-16(23)24-17(2,3)4;1-17(2,3)21(20)19-16(10-9-13-7-8-13)15-6-4-5-14(11-15)12-18;1-14-12-4-2-3-11(9-12)13(15)8-7-10-5-6-10;1-12(13(2,3)4)10-8-6-5-7-9(10)11;1-4(2,3)7(5)6;4*1-3(2)4;;;/h4-6,9-10,13-14,16,27H,7-8,11-12,26H2,1-3H3;5-9H,10H2,1-4H3,(H,18,23)(H,21,22);4-6,11,13H,7-10H2,1-3H3;2-4,9-10H,5-8H2;5,7-8H,1-4H3;5H2,1-3H3;4*3-4H,1-2H3;1H;;/q;;;;-1;;;;;;;+2;/p-1/t23?,29-;;;;;7-;;;;;;;/m0....0......./s1. The third kappa shape index (κ3) is 53.9. The first-order valence-corrected chi connectivity index (χ1v) is 49.5. The molecule has 6 aromatic carbocycles. The zero-order valence-electron chi connectivity index (χ0n) is 80.0. The molecule has 1 amide bonds. The van der Waals surface area contributed by atoms with E-state index in [1.807, 2.05) is 116 Å². The number of nitrogens with two attached hydrogens (primary N) is 2. The molecule has 0 spiro atoms. The third-order valence-corrected chi connectivity index (χ3v) is 24.6. The molecule has 1 unspecified atom stereocenters. The molecule has 0 radical (unpaired) electrons. The topological polar surface area (TPSA) is 374 Å². The van der Waals surface area contributed by atoms with E-state index in [0.29, 0.717) is 58.2 Å². The number of hydrogen-bond donors (Lipinski definition) is 9. The summed E-state index contributed by atoms with van der Waals surface area (Å²) in [6.07, 6.45) is 11.6. The molecule has 0 bridgehead atoms. The largest absolute Gasteiger partial charge is 2.00 e. The second kappa shape index (κ2) is 60.8. The van der Waals surface area contributed by atoms with E-state index in [9.17, 15) is 46.4 Å². The second-order valence-corrected chi connectivity index (χ2v) is 48.1. The molecule has 1 heterocycles. The number of aryl methyl sites for hydroxylation is 1. The fraction of sp³-hybridized carbons (Fsp3) is 0.521. The van der Waals surface area contributed by atoms with Gasteiger partial charge >= 0.3 is 44.0 Å². The van der Waals surface area contributed by atoms with Gasteiger partial charge in [-0.3, -0.25) is 14.6 Å². The van der Waals surface area contributed by atoms with Gasteiger partial charge in [0.05, 0.1) is 83.9 Å². The minimum Gasteiger partial charge on any atom is -1.00 e. The maximum atomic E-state index is 13.9. The molecule has 32 heteroatoms. The average Bonchev–Trinajstić information content (AvgIpc) is 0.915. The number of aliphatic hydroxyl groups is 4. The van der Waals surface area contributed by atoms with Crippen molar-refractivity contribution in [3.05, 3.63) is 219 Å². The van der Waals surface area contributed by atoms with Crippen LogP contribution < -0.4 is 42.5 Å². The number of carbonyl (C=O) groups is 3. The van der Waals surface area contributed by atoms with Gasteiger partial charge in [-0.05, 0) is 270 Å². The van der Waals surface area contributed by atoms with Crippen molar-refractivity contribution in [3.63, 3.8) is 0 Å². The molecule has 0 aliphatic heterocycles. The van der Waals surface area contributed by atoms with Gasteiger partial charge < -0.3 is 67.3 Å². The van der Waals surface area contributed by atoms with Crippen LogP contribution in [0.4, 0.5) is 30.6 Å². The number of nitrogens with one attached hydrogen (secondary N) is 2. The number of rotatable bonds is 22. The molecule has 3 fully saturated rings. The fourth-order valence-electron chi connectivity index (χ4n) is 10.3. The normalized spacial score (nSPS) is 13.5. The molecular formula is C96H142BrF2MgN11O12S2Si2Ti. The number of nitrogens with zero attached hydrogens (tertiary/aromatic N) is 7. The van der Waals surface area contributed by atoms with Crippen molar-refractivity contribution < 1.29 is 105 Å². The number of anilines is 2. The van der Waals surface area contributed by atoms with Crippen LogP contribution in [-0.2, 0) is 65.0 Å². The summed E-state index contributed by atoms with van der Waals surface area (Å²) in [5.74, 6) is 0.733. The number of aromatic carboxylic acids is 1. The predicted octanol–water partition coefficient (Wildman–Crippen LogP) is 17.0. The van der Waals surface area contributed by atoms with Crippen LogP contribution in [0, 0.1) is 71.6 Å². The van der Waals surface area contributed by atoms with Gasteiger partial charge in [0.15, 0.2) is 17.2 Å². The summed E-state index contributed by atoms with van der Waals surface area (Å²) >= 11 is 0. The maximum Gasteiger partial charge on any atom is 2.00 e. The summed E-state index contributed by atoms with van der Waals surface area (Å²) in [6.45, 7) is 51.7. The summed E-state index contributed by atoms with van der Waals surface area (Å²) in [5, 5.41) is 71.6. The molecule has 3 atom stereocenters. The minimum absolute atomic E-state index is 0. The number of Topliss-reactive ketones (excluding diaryl/α,β-unsaturated/α-hetero) is 1. The summed E-state index contributed by atoms with van der Waals surface area (Å²) in [4.78, 5) is 38.1. The first kappa shape index (κ1) is 125. The Labute approximate surface area is 811 Å². The van der Waals surface area contributed by atoms with E-state index in [-0.39, 0.29) is 125 Å². The van der Waals surface area contributed by atoms with Gasteiger partial charge in [-0.1, -0.05) is 140 Å². The quantitative estimate of drug-likeness (QED) is 0.0100. The fourth-order valence-corrected chi connectivity index (χ4v) is 13.0. The maximum absolute atomic E-state index is 13.9. The molecule has 10 rings (SSSR count). The van der Waals surface area contributed by atoms with Crippen LogP contribution in [0.5, 0.6) is 0 Å². The molecule has 23 nitrogen and oxygen atoms in total. The first-order chi connectivity index (χ1) is 57.8. The van der Waals surface area contributed by atoms with Gasteiger partial charge in [-0.2, -0.15) is 33.8 Å². The number of nitrogen functional groups attached to an aromatic ring is 1. The van der Waals surface area contributed by atoms with Crippen molar-refractivity contribution in [1.82, 2.24) is 19.8 Å². The van der Waals surface area contributed by atoms with E-state index >= 15 is 0 Å². The number of amides is 1. The zero-order valence-corrected chi connectivity index (χ0v) is 88.2. The number of aromatic nitrogens is 2. The van der Waals surface area contributed by atoms with Crippen LogP contribution >= 0.6 is 0 Å². The second-order valence-electron chi connectivity index (χ2n) is 37.0. The first-order valence-electron chi connectivity index (χ1n) is 42.3. The Morgan fingerprint density at radius 2 is 1.18 bits per heavy atom. The molecular weight excluding hydrogens is 1810 g/mol. The SMILES string of the molecule is CC(C)(C)[S@@](N)=O.CC(C)(C)[S@](=O)NC(CCC1CC1)(c1cccc(C#N)c1)c1ccc(F)c(N)c1.CC(C)(C)[Si](=O)N=C(CCC1CC1)c1cccc(C#N)c1.CC(C)O.CC(C)O.CC(C)O.CC(C)O.CN(c1c[c-]ccc1F)[Si](C)(C)C.Cc1cc(C(=O)O)n(-c2cccc(CNC(=O)OC(C)(C)C)c2)n1.[Br-].[C-]#[N+]c1cccc(C(=O)CCC2CC2)c1.[Mg+2].[Ti]. The van der Waals surface area contributed by atoms with Crippen LogP contribution in [0.1, 0.15) is 275 Å². The van der Waals surface area contributed by atoms with Crippen LogP contribution in [0.3, 0.4) is 0 Å². The van der Waals surface area contributed by atoms with Crippen molar-refractivity contribution >= 4 is 103 Å². The summed E-state index contributed by atoms with van der Waals surface area (Å²) in [6, 6.07) is 47.1. The van der Waals surface area contributed by atoms with Gasteiger partial charge in [-0.15, -0.1) is 6.07 Å². The van der Waals surface area contributed by atoms with Gasteiger partial charge in [0.2, 0.25) is 0 Å². The van der Waals surface area contributed by atoms with Gasteiger partial charge in [0.1, 0.15) is 19.7 Å². The van der Waals surface area contributed by atoms with E-state index in [1.165, 1.54) is 61.4 Å². The van der Waals surface area contributed by atoms with E-state index < -0.39 is 72.8 Å². The summed E-state index contributed by atoms with van der Waals surface area (Å²) in [7, 11) is -4.13. The number of aliphatic hydroxyl groups excluding tert-OH is 4. The van der Waals surface area contributed by atoms with Crippen molar-refractivity contribution in [2.24, 2.45) is 27.6 Å². The minimum atomic E-state index is -2.04. The Bertz CT molecular complexity index is 4720. The average molecular weight is 1950 g/mol. The number of carboxylic acids is 1. The number of carbonyl (C=O) groups excluding carboxylic acids is 2.